The van der Waals surface area contributed by atoms with Gasteiger partial charge in [-0.05, 0) is 41.8 Å². The van der Waals surface area contributed by atoms with Crippen molar-refractivity contribution >= 4 is 17.7 Å². The van der Waals surface area contributed by atoms with E-state index in [1.54, 1.807) is 36.2 Å². The third kappa shape index (κ3) is 4.34. The first-order chi connectivity index (χ1) is 13.7. The lowest BCUT2D eigenvalue weighted by Crippen LogP contribution is -2.30. The van der Waals surface area contributed by atoms with Crippen LogP contribution in [0.25, 0.3) is 0 Å². The minimum atomic E-state index is -0.291. The molecule has 0 bridgehead atoms. The number of hydrogen-bond donors (Lipinski definition) is 1. The molecule has 142 valence electrons. The van der Waals surface area contributed by atoms with Gasteiger partial charge in [-0.1, -0.05) is 30.3 Å². The molecule has 1 unspecified atom stereocenters. The van der Waals surface area contributed by atoms with Crippen LogP contribution in [-0.4, -0.2) is 16.6 Å². The summed E-state index contributed by atoms with van der Waals surface area (Å²) in [4.78, 5) is 17.9. The molecule has 3 aromatic rings. The molecule has 28 heavy (non-hydrogen) atoms. The van der Waals surface area contributed by atoms with Crippen LogP contribution in [0.15, 0.2) is 71.8 Å². The average Bonchev–Trinajstić information content (AvgIpc) is 2.73. The van der Waals surface area contributed by atoms with Gasteiger partial charge in [-0.15, -0.1) is 11.8 Å². The maximum Gasteiger partial charge on any atom is 0.252 e. The van der Waals surface area contributed by atoms with Gasteiger partial charge in [0.1, 0.15) is 12.4 Å². The zero-order chi connectivity index (χ0) is 19.3. The van der Waals surface area contributed by atoms with E-state index in [-0.39, 0.29) is 17.8 Å². The molecular formula is C22H19FN2O2S. The molecule has 2 heterocycles. The molecule has 1 aromatic heterocycles. The van der Waals surface area contributed by atoms with Gasteiger partial charge in [0, 0.05) is 28.5 Å². The van der Waals surface area contributed by atoms with Crippen molar-refractivity contribution in [2.24, 2.45) is 0 Å². The predicted octanol–water partition coefficient (Wildman–Crippen LogP) is 4.77. The van der Waals surface area contributed by atoms with Gasteiger partial charge in [-0.3, -0.25) is 4.79 Å². The summed E-state index contributed by atoms with van der Waals surface area (Å²) in [6.45, 7) is 0.380. The quantitative estimate of drug-likeness (QED) is 0.677. The van der Waals surface area contributed by atoms with Crippen LogP contribution in [-0.2, 0) is 6.61 Å². The smallest absolute Gasteiger partial charge is 0.252 e. The molecule has 4 nitrogen and oxygen atoms in total. The summed E-state index contributed by atoms with van der Waals surface area (Å²) in [6, 6.07) is 17.6. The second-order valence-corrected chi connectivity index (χ2v) is 7.64. The van der Waals surface area contributed by atoms with Gasteiger partial charge in [0.05, 0.1) is 6.04 Å². The molecule has 1 aliphatic heterocycles. The van der Waals surface area contributed by atoms with Crippen LogP contribution in [0.3, 0.4) is 0 Å². The minimum absolute atomic E-state index is 0.207. The highest BCUT2D eigenvalue weighted by molar-refractivity contribution is 7.99. The van der Waals surface area contributed by atoms with Gasteiger partial charge in [0.2, 0.25) is 5.88 Å². The fraction of sp³-hybridized carbons (Fsp3) is 0.182. The third-order valence-electron chi connectivity index (χ3n) is 4.54. The standard InChI is InChI=1S/C22H19FN2O2S/c23-17-6-7-20-18(13-17)19(9-11-28-20)25-22(26)16-8-10-24-21(12-16)27-14-15-4-2-1-3-5-15/h1-8,10,12-13,19H,9,11,14H2,(H,25,26). The number of aromatic nitrogens is 1. The lowest BCUT2D eigenvalue weighted by Gasteiger charge is -2.26. The van der Waals surface area contributed by atoms with Crippen LogP contribution in [0.5, 0.6) is 5.88 Å². The number of halogens is 1. The predicted molar refractivity (Wildman–Crippen MR) is 107 cm³/mol. The lowest BCUT2D eigenvalue weighted by atomic mass is 10.0. The Morgan fingerprint density at radius 3 is 2.89 bits per heavy atom. The summed E-state index contributed by atoms with van der Waals surface area (Å²) in [5.41, 5.74) is 2.32. The first-order valence-corrected chi connectivity index (χ1v) is 10.0. The number of carbonyl (C=O) groups is 1. The van der Waals surface area contributed by atoms with E-state index in [2.05, 4.69) is 10.3 Å². The Labute approximate surface area is 167 Å². The van der Waals surface area contributed by atoms with E-state index >= 15 is 0 Å². The molecule has 0 saturated carbocycles. The van der Waals surface area contributed by atoms with Crippen molar-refractivity contribution in [3.63, 3.8) is 0 Å². The number of hydrogen-bond acceptors (Lipinski definition) is 4. The van der Waals surface area contributed by atoms with Crippen LogP contribution in [0.2, 0.25) is 0 Å². The number of carbonyl (C=O) groups excluding carboxylic acids is 1. The highest BCUT2D eigenvalue weighted by Crippen LogP contribution is 2.36. The number of pyridine rings is 1. The van der Waals surface area contributed by atoms with Crippen LogP contribution in [0, 0.1) is 5.82 Å². The fourth-order valence-corrected chi connectivity index (χ4v) is 4.22. The number of ether oxygens (including phenoxy) is 1. The van der Waals surface area contributed by atoms with Crippen molar-refractivity contribution in [3.8, 4) is 5.88 Å². The number of nitrogens with zero attached hydrogens (tertiary/aromatic N) is 1. The van der Waals surface area contributed by atoms with Gasteiger partial charge in [0.25, 0.3) is 5.91 Å². The van der Waals surface area contributed by atoms with Crippen LogP contribution >= 0.6 is 11.8 Å². The average molecular weight is 394 g/mol. The molecule has 6 heteroatoms. The minimum Gasteiger partial charge on any atom is -0.473 e. The molecule has 0 spiro atoms. The highest BCUT2D eigenvalue weighted by atomic mass is 32.2. The monoisotopic (exact) mass is 394 g/mol. The summed E-state index contributed by atoms with van der Waals surface area (Å²) < 4.78 is 19.4. The SMILES string of the molecule is O=C(NC1CCSc2ccc(F)cc21)c1ccnc(OCc2ccccc2)c1. The van der Waals surface area contributed by atoms with Gasteiger partial charge >= 0.3 is 0 Å². The molecule has 1 amide bonds. The zero-order valence-electron chi connectivity index (χ0n) is 15.1. The van der Waals surface area contributed by atoms with Gasteiger partial charge in [0.15, 0.2) is 0 Å². The Morgan fingerprint density at radius 2 is 2.04 bits per heavy atom. The second-order valence-electron chi connectivity index (χ2n) is 6.50. The van der Waals surface area contributed by atoms with Gasteiger partial charge in [-0.25, -0.2) is 9.37 Å². The molecular weight excluding hydrogens is 375 g/mol. The molecule has 0 fully saturated rings. The molecule has 4 rings (SSSR count). The van der Waals surface area contributed by atoms with E-state index in [1.165, 1.54) is 12.1 Å². The number of nitrogens with one attached hydrogen (secondary N) is 1. The van der Waals surface area contributed by atoms with E-state index in [4.69, 9.17) is 4.74 Å². The fourth-order valence-electron chi connectivity index (χ4n) is 3.12. The Bertz CT molecular complexity index is 981. The van der Waals surface area contributed by atoms with Crippen molar-refractivity contribution in [1.82, 2.24) is 10.3 Å². The largest absolute Gasteiger partial charge is 0.473 e. The van der Waals surface area contributed by atoms with Crippen molar-refractivity contribution in [3.05, 3.63) is 89.4 Å². The van der Waals surface area contributed by atoms with E-state index < -0.39 is 0 Å². The molecule has 1 aliphatic rings. The molecule has 1 N–H and O–H groups in total. The Balaban J connectivity index is 1.45. The van der Waals surface area contributed by atoms with Crippen LogP contribution in [0.4, 0.5) is 4.39 Å². The Morgan fingerprint density at radius 1 is 1.18 bits per heavy atom. The number of thioether (sulfide) groups is 1. The van der Waals surface area contributed by atoms with Crippen molar-refractivity contribution in [2.75, 3.05) is 5.75 Å². The first-order valence-electron chi connectivity index (χ1n) is 9.05. The summed E-state index contributed by atoms with van der Waals surface area (Å²) in [5.74, 6) is 0.757. The first kappa shape index (κ1) is 18.5. The normalized spacial score (nSPS) is 15.5. The highest BCUT2D eigenvalue weighted by Gasteiger charge is 2.23. The molecule has 1 atom stereocenters. The summed E-state index contributed by atoms with van der Waals surface area (Å²) in [5, 5.41) is 3.02. The van der Waals surface area contributed by atoms with E-state index in [1.807, 2.05) is 30.3 Å². The van der Waals surface area contributed by atoms with Crippen molar-refractivity contribution in [1.29, 1.82) is 0 Å². The van der Waals surface area contributed by atoms with E-state index in [9.17, 15) is 9.18 Å². The maximum absolute atomic E-state index is 13.7. The number of fused-ring (bicyclic) bond motifs is 1. The number of rotatable bonds is 5. The summed E-state index contributed by atoms with van der Waals surface area (Å²) in [7, 11) is 0. The van der Waals surface area contributed by atoms with E-state index in [0.717, 1.165) is 28.2 Å². The molecule has 0 saturated heterocycles. The number of amides is 1. The Kier molecular flexibility index (Phi) is 5.58. The number of benzene rings is 2. The van der Waals surface area contributed by atoms with Gasteiger partial charge < -0.3 is 10.1 Å². The summed E-state index contributed by atoms with van der Waals surface area (Å²) >= 11 is 1.68. The molecule has 2 aromatic carbocycles. The molecule has 0 radical (unpaired) electrons. The van der Waals surface area contributed by atoms with Crippen LogP contribution in [0.1, 0.15) is 33.9 Å². The maximum atomic E-state index is 13.7. The zero-order valence-corrected chi connectivity index (χ0v) is 15.9. The van der Waals surface area contributed by atoms with Crippen LogP contribution < -0.4 is 10.1 Å². The van der Waals surface area contributed by atoms with Gasteiger partial charge in [-0.2, -0.15) is 0 Å². The summed E-state index contributed by atoms with van der Waals surface area (Å²) in [6.07, 6.45) is 2.31. The van der Waals surface area contributed by atoms with Crippen molar-refractivity contribution < 1.29 is 13.9 Å². The van der Waals surface area contributed by atoms with Crippen molar-refractivity contribution in [2.45, 2.75) is 24.0 Å². The topological polar surface area (TPSA) is 51.2 Å². The lowest BCUT2D eigenvalue weighted by molar-refractivity contribution is 0.0934. The second kappa shape index (κ2) is 8.44. The molecule has 0 aliphatic carbocycles. The Hall–Kier alpha value is -2.86. The van der Waals surface area contributed by atoms with E-state index in [0.29, 0.717) is 18.1 Å². The third-order valence-corrected chi connectivity index (χ3v) is 5.67.